The molecule has 1 heterocycles. The minimum absolute atomic E-state index is 0.102. The van der Waals surface area contributed by atoms with E-state index in [0.717, 1.165) is 9.37 Å². The van der Waals surface area contributed by atoms with Crippen molar-refractivity contribution in [2.45, 2.75) is 4.90 Å². The molecule has 118 valence electrons. The van der Waals surface area contributed by atoms with E-state index in [9.17, 15) is 9.59 Å². The van der Waals surface area contributed by atoms with Crippen LogP contribution in [0.1, 0.15) is 20.7 Å². The summed E-state index contributed by atoms with van der Waals surface area (Å²) in [6, 6.07) is 16.1. The predicted molar refractivity (Wildman–Crippen MR) is 95.5 cm³/mol. The van der Waals surface area contributed by atoms with Crippen LogP contribution in [0, 0.1) is 11.3 Å². The molecule has 2 aromatic carbocycles. The van der Waals surface area contributed by atoms with Gasteiger partial charge < -0.3 is 0 Å². The third-order valence-corrected chi connectivity index (χ3v) is 5.15. The number of rotatable bonds is 3. The monoisotopic (exact) mass is 398 g/mol. The fraction of sp³-hybridized carbons (Fsp3) is 0.0556. The second-order valence-corrected chi connectivity index (χ2v) is 7.01. The summed E-state index contributed by atoms with van der Waals surface area (Å²) in [5.41, 5.74) is 1.06. The van der Waals surface area contributed by atoms with Crippen molar-refractivity contribution in [2.24, 2.45) is 0 Å². The number of hydrogen-bond donors (Lipinski definition) is 0. The zero-order valence-corrected chi connectivity index (χ0v) is 14.8. The Morgan fingerprint density at radius 1 is 1.21 bits per heavy atom. The Morgan fingerprint density at radius 3 is 2.62 bits per heavy atom. The van der Waals surface area contributed by atoms with Crippen LogP contribution in [-0.2, 0) is 0 Å². The summed E-state index contributed by atoms with van der Waals surface area (Å²) in [5.74, 6) is -0.448. The molecular formula is C18H11BrN2O2S. The van der Waals surface area contributed by atoms with Crippen molar-refractivity contribution in [2.75, 3.05) is 6.54 Å². The maximum atomic E-state index is 12.7. The van der Waals surface area contributed by atoms with Crippen LogP contribution >= 0.6 is 27.7 Å². The molecule has 3 rings (SSSR count). The van der Waals surface area contributed by atoms with Crippen molar-refractivity contribution < 1.29 is 9.59 Å². The number of allylic oxidation sites excluding steroid dienone is 1. The molecule has 1 aliphatic heterocycles. The van der Waals surface area contributed by atoms with E-state index in [1.165, 1.54) is 22.7 Å². The zero-order chi connectivity index (χ0) is 17.1. The van der Waals surface area contributed by atoms with Gasteiger partial charge in [-0.3, -0.25) is 14.5 Å². The van der Waals surface area contributed by atoms with Gasteiger partial charge in [-0.2, -0.15) is 5.26 Å². The van der Waals surface area contributed by atoms with E-state index in [1.54, 1.807) is 36.4 Å². The van der Waals surface area contributed by atoms with Crippen molar-refractivity contribution in [3.63, 3.8) is 0 Å². The van der Waals surface area contributed by atoms with Crippen molar-refractivity contribution >= 4 is 39.4 Å². The van der Waals surface area contributed by atoms with Crippen molar-refractivity contribution in [3.05, 3.63) is 75.2 Å². The zero-order valence-electron chi connectivity index (χ0n) is 12.4. The first-order chi connectivity index (χ1) is 11.6. The SMILES string of the molecule is N#C/C=C1\Sc2ccccc2C(=O)N1CC(=O)c1ccc(Br)cc1. The molecule has 0 aliphatic carbocycles. The Morgan fingerprint density at radius 2 is 1.92 bits per heavy atom. The summed E-state index contributed by atoms with van der Waals surface area (Å²) in [4.78, 5) is 27.4. The van der Waals surface area contributed by atoms with Crippen LogP contribution < -0.4 is 0 Å². The van der Waals surface area contributed by atoms with E-state index in [2.05, 4.69) is 15.9 Å². The summed E-state index contributed by atoms with van der Waals surface area (Å²) in [7, 11) is 0. The highest BCUT2D eigenvalue weighted by atomic mass is 79.9. The van der Waals surface area contributed by atoms with E-state index >= 15 is 0 Å². The number of nitriles is 1. The lowest BCUT2D eigenvalue weighted by Crippen LogP contribution is -2.36. The Balaban J connectivity index is 1.92. The molecule has 0 atom stereocenters. The van der Waals surface area contributed by atoms with Crippen LogP contribution in [0.2, 0.25) is 0 Å². The summed E-state index contributed by atoms with van der Waals surface area (Å²) in [5, 5.41) is 9.45. The molecule has 0 bridgehead atoms. The number of hydrogen-bond acceptors (Lipinski definition) is 4. The van der Waals surface area contributed by atoms with Gasteiger partial charge in [0.2, 0.25) is 0 Å². The number of carbonyl (C=O) groups is 2. The first-order valence-corrected chi connectivity index (χ1v) is 8.68. The van der Waals surface area contributed by atoms with Crippen LogP contribution in [0.5, 0.6) is 0 Å². The average molecular weight is 399 g/mol. The summed E-state index contributed by atoms with van der Waals surface area (Å²) >= 11 is 4.64. The average Bonchev–Trinajstić information content (AvgIpc) is 2.59. The Labute approximate surface area is 151 Å². The van der Waals surface area contributed by atoms with Crippen molar-refractivity contribution in [1.82, 2.24) is 4.90 Å². The van der Waals surface area contributed by atoms with E-state index in [0.29, 0.717) is 16.2 Å². The van der Waals surface area contributed by atoms with Gasteiger partial charge in [-0.1, -0.05) is 52.0 Å². The smallest absolute Gasteiger partial charge is 0.260 e. The molecule has 0 N–H and O–H groups in total. The van der Waals surface area contributed by atoms with Gasteiger partial charge in [0.15, 0.2) is 5.78 Å². The van der Waals surface area contributed by atoms with Crippen molar-refractivity contribution in [1.29, 1.82) is 5.26 Å². The summed E-state index contributed by atoms with van der Waals surface area (Å²) < 4.78 is 0.877. The maximum absolute atomic E-state index is 12.7. The van der Waals surface area contributed by atoms with Crippen LogP contribution in [0.3, 0.4) is 0 Å². The molecule has 0 radical (unpaired) electrons. The largest absolute Gasteiger partial charge is 0.294 e. The molecule has 1 amide bonds. The normalized spacial score (nSPS) is 15.1. The first-order valence-electron chi connectivity index (χ1n) is 7.07. The van der Waals surface area contributed by atoms with E-state index < -0.39 is 0 Å². The quantitative estimate of drug-likeness (QED) is 0.572. The summed E-state index contributed by atoms with van der Waals surface area (Å²) in [6.45, 7) is -0.102. The minimum Gasteiger partial charge on any atom is -0.294 e. The van der Waals surface area contributed by atoms with Gasteiger partial charge in [0.25, 0.3) is 5.91 Å². The fourth-order valence-electron chi connectivity index (χ4n) is 2.33. The van der Waals surface area contributed by atoms with Crippen LogP contribution in [-0.4, -0.2) is 23.1 Å². The molecule has 24 heavy (non-hydrogen) atoms. The molecule has 0 saturated heterocycles. The van der Waals surface area contributed by atoms with E-state index in [-0.39, 0.29) is 18.2 Å². The third kappa shape index (κ3) is 3.28. The highest BCUT2D eigenvalue weighted by Gasteiger charge is 2.30. The Bertz CT molecular complexity index is 885. The predicted octanol–water partition coefficient (Wildman–Crippen LogP) is 4.24. The molecule has 6 heteroatoms. The topological polar surface area (TPSA) is 61.2 Å². The van der Waals surface area contributed by atoms with Crippen LogP contribution in [0.4, 0.5) is 0 Å². The number of fused-ring (bicyclic) bond motifs is 1. The second-order valence-electron chi connectivity index (χ2n) is 5.03. The molecular weight excluding hydrogens is 388 g/mol. The highest BCUT2D eigenvalue weighted by molar-refractivity contribution is 9.10. The number of amides is 1. The van der Waals surface area contributed by atoms with Gasteiger partial charge in [0, 0.05) is 21.0 Å². The maximum Gasteiger partial charge on any atom is 0.260 e. The van der Waals surface area contributed by atoms with Gasteiger partial charge in [0.05, 0.1) is 23.2 Å². The molecule has 0 saturated carbocycles. The lowest BCUT2D eigenvalue weighted by atomic mass is 10.1. The van der Waals surface area contributed by atoms with Gasteiger partial charge in [-0.15, -0.1) is 0 Å². The number of nitrogens with zero attached hydrogens (tertiary/aromatic N) is 2. The highest BCUT2D eigenvalue weighted by Crippen LogP contribution is 2.38. The Hall–Kier alpha value is -2.36. The number of ketones is 1. The number of Topliss-reactive ketones (excluding diaryl/α,β-unsaturated/α-hetero) is 1. The lowest BCUT2D eigenvalue weighted by molar-refractivity contribution is 0.0763. The number of benzene rings is 2. The van der Waals surface area contributed by atoms with Gasteiger partial charge >= 0.3 is 0 Å². The molecule has 0 unspecified atom stereocenters. The van der Waals surface area contributed by atoms with Gasteiger partial charge in [0.1, 0.15) is 0 Å². The molecule has 4 nitrogen and oxygen atoms in total. The van der Waals surface area contributed by atoms with Gasteiger partial charge in [-0.05, 0) is 24.3 Å². The number of halogens is 1. The van der Waals surface area contributed by atoms with Crippen molar-refractivity contribution in [3.8, 4) is 6.07 Å². The first kappa shape index (κ1) is 16.5. The molecule has 0 aromatic heterocycles. The lowest BCUT2D eigenvalue weighted by Gasteiger charge is -2.29. The molecule has 0 fully saturated rings. The van der Waals surface area contributed by atoms with E-state index in [4.69, 9.17) is 5.26 Å². The number of carbonyl (C=O) groups excluding carboxylic acids is 2. The number of thioether (sulfide) groups is 1. The standard InChI is InChI=1S/C18H11BrN2O2S/c19-13-7-5-12(6-8-13)15(22)11-21-17(9-10-20)24-16-4-2-1-3-14(16)18(21)23/h1-9H,11H2/b17-9-. The van der Waals surface area contributed by atoms with Crippen LogP contribution in [0.15, 0.2) is 69.0 Å². The summed E-state index contributed by atoms with van der Waals surface area (Å²) in [6.07, 6.45) is 1.30. The third-order valence-electron chi connectivity index (χ3n) is 3.50. The van der Waals surface area contributed by atoms with Crippen LogP contribution in [0.25, 0.3) is 0 Å². The fourth-order valence-corrected chi connectivity index (χ4v) is 3.60. The molecule has 2 aromatic rings. The Kier molecular flexibility index (Phi) is 4.84. The van der Waals surface area contributed by atoms with Gasteiger partial charge in [-0.25, -0.2) is 0 Å². The molecule has 0 spiro atoms. The minimum atomic E-state index is -0.267. The van der Waals surface area contributed by atoms with E-state index in [1.807, 2.05) is 18.2 Å². The molecule has 1 aliphatic rings. The second kappa shape index (κ2) is 7.04.